The van der Waals surface area contributed by atoms with Gasteiger partial charge in [0.25, 0.3) is 5.91 Å². The molecule has 1 amide bonds. The van der Waals surface area contributed by atoms with Crippen molar-refractivity contribution in [3.05, 3.63) is 45.4 Å². The number of fused-ring (bicyclic) bond motifs is 1. The lowest BCUT2D eigenvalue weighted by atomic mass is 10.1. The zero-order valence-electron chi connectivity index (χ0n) is 13.3. The minimum atomic E-state index is -0.327. The number of aryl methyl sites for hydroxylation is 1. The summed E-state index contributed by atoms with van der Waals surface area (Å²) in [4.78, 5) is 16.9. The van der Waals surface area contributed by atoms with Crippen LogP contribution >= 0.6 is 34.5 Å². The first kappa shape index (κ1) is 17.8. The zero-order valence-corrected chi connectivity index (χ0v) is 15.6. The van der Waals surface area contributed by atoms with E-state index in [1.54, 1.807) is 0 Å². The first-order valence-corrected chi connectivity index (χ1v) is 8.72. The third-order valence-electron chi connectivity index (χ3n) is 3.53. The Balaban J connectivity index is 1.92. The van der Waals surface area contributed by atoms with Crippen LogP contribution in [0.4, 0.5) is 10.8 Å². The van der Waals surface area contributed by atoms with Gasteiger partial charge < -0.3 is 10.1 Å². The summed E-state index contributed by atoms with van der Waals surface area (Å²) >= 11 is 13.6. The molecule has 0 spiro atoms. The highest BCUT2D eigenvalue weighted by Crippen LogP contribution is 2.34. The Morgan fingerprint density at radius 2 is 1.92 bits per heavy atom. The monoisotopic (exact) mass is 396 g/mol. The summed E-state index contributed by atoms with van der Waals surface area (Å²) in [5, 5.41) is 3.99. The number of amides is 1. The van der Waals surface area contributed by atoms with Crippen LogP contribution in [0.1, 0.15) is 15.9 Å². The molecule has 130 valence electrons. The van der Waals surface area contributed by atoms with Crippen molar-refractivity contribution in [1.29, 1.82) is 0 Å². The van der Waals surface area contributed by atoms with Gasteiger partial charge in [-0.1, -0.05) is 34.5 Å². The third kappa shape index (κ3) is 3.50. The van der Waals surface area contributed by atoms with Gasteiger partial charge in [-0.05, 0) is 36.8 Å². The fourth-order valence-corrected chi connectivity index (χ4v) is 3.95. The fourth-order valence-electron chi connectivity index (χ4n) is 2.42. The lowest BCUT2D eigenvalue weighted by molar-refractivity contribution is 0.102. The van der Waals surface area contributed by atoms with Crippen LogP contribution in [0.15, 0.2) is 24.3 Å². The quantitative estimate of drug-likeness (QED) is 0.447. The second kappa shape index (κ2) is 7.05. The van der Waals surface area contributed by atoms with E-state index in [1.165, 1.54) is 30.6 Å². The number of anilines is 2. The molecule has 2 aromatic carbocycles. The highest BCUT2D eigenvalue weighted by atomic mass is 35.5. The molecule has 1 heterocycles. The van der Waals surface area contributed by atoms with E-state index in [9.17, 15) is 4.79 Å². The standard InChI is InChI=1S/C16H14Cl2N4O2S/c1-7-3-9(6-12-13(7)21-16(22-19)25-12)20-15(23)8-4-10(17)14(24-2)11(18)5-8/h3-6H,19H2,1-2H3,(H,20,23)(H,21,22). The number of rotatable bonds is 4. The Morgan fingerprint density at radius 3 is 2.52 bits per heavy atom. The summed E-state index contributed by atoms with van der Waals surface area (Å²) in [7, 11) is 1.46. The van der Waals surface area contributed by atoms with Crippen LogP contribution in [0.3, 0.4) is 0 Å². The molecule has 1 aromatic heterocycles. The number of nitrogens with zero attached hydrogens (tertiary/aromatic N) is 1. The Hall–Kier alpha value is -2.06. The Morgan fingerprint density at radius 1 is 1.24 bits per heavy atom. The molecule has 0 fully saturated rings. The van der Waals surface area contributed by atoms with Gasteiger partial charge in [0.2, 0.25) is 0 Å². The summed E-state index contributed by atoms with van der Waals surface area (Å²) in [6, 6.07) is 6.70. The summed E-state index contributed by atoms with van der Waals surface area (Å²) in [5.41, 5.74) is 5.28. The van der Waals surface area contributed by atoms with E-state index in [4.69, 9.17) is 33.8 Å². The topological polar surface area (TPSA) is 89.3 Å². The van der Waals surface area contributed by atoms with E-state index in [-0.39, 0.29) is 16.0 Å². The van der Waals surface area contributed by atoms with Crippen LogP contribution in [0.5, 0.6) is 5.75 Å². The number of methoxy groups -OCH3 is 1. The average molecular weight is 397 g/mol. The van der Waals surface area contributed by atoms with Crippen molar-refractivity contribution in [3.8, 4) is 5.75 Å². The molecule has 25 heavy (non-hydrogen) atoms. The molecule has 0 radical (unpaired) electrons. The molecule has 3 rings (SSSR count). The van der Waals surface area contributed by atoms with E-state index < -0.39 is 0 Å². The minimum Gasteiger partial charge on any atom is -0.494 e. The highest BCUT2D eigenvalue weighted by Gasteiger charge is 2.15. The number of nitrogens with two attached hydrogens (primary N) is 1. The molecular weight excluding hydrogens is 383 g/mol. The van der Waals surface area contributed by atoms with Crippen LogP contribution in [-0.2, 0) is 0 Å². The molecule has 0 atom stereocenters. The van der Waals surface area contributed by atoms with Crippen LogP contribution in [-0.4, -0.2) is 18.0 Å². The molecule has 6 nitrogen and oxygen atoms in total. The maximum absolute atomic E-state index is 12.5. The number of nitrogens with one attached hydrogen (secondary N) is 2. The van der Waals surface area contributed by atoms with Crippen LogP contribution in [0.2, 0.25) is 10.0 Å². The second-order valence-corrected chi connectivity index (χ2v) is 7.08. The lowest BCUT2D eigenvalue weighted by Gasteiger charge is -2.10. The van der Waals surface area contributed by atoms with Crippen molar-refractivity contribution in [2.75, 3.05) is 17.9 Å². The molecule has 0 saturated carbocycles. The molecule has 0 saturated heterocycles. The van der Waals surface area contributed by atoms with Crippen molar-refractivity contribution < 1.29 is 9.53 Å². The van der Waals surface area contributed by atoms with Crippen LogP contribution < -0.4 is 21.3 Å². The molecule has 4 N–H and O–H groups in total. The van der Waals surface area contributed by atoms with E-state index >= 15 is 0 Å². The van der Waals surface area contributed by atoms with E-state index in [1.807, 2.05) is 19.1 Å². The third-order valence-corrected chi connectivity index (χ3v) is 5.03. The van der Waals surface area contributed by atoms with Gasteiger partial charge in [0.05, 0.1) is 27.4 Å². The van der Waals surface area contributed by atoms with Gasteiger partial charge in [-0.2, -0.15) is 0 Å². The minimum absolute atomic E-state index is 0.271. The molecule has 0 aliphatic carbocycles. The molecule has 0 unspecified atom stereocenters. The van der Waals surface area contributed by atoms with Crippen molar-refractivity contribution in [3.63, 3.8) is 0 Å². The van der Waals surface area contributed by atoms with E-state index in [0.717, 1.165) is 15.8 Å². The van der Waals surface area contributed by atoms with Crippen LogP contribution in [0, 0.1) is 6.92 Å². The largest absolute Gasteiger partial charge is 0.494 e. The fraction of sp³-hybridized carbons (Fsp3) is 0.125. The second-order valence-electron chi connectivity index (χ2n) is 5.23. The zero-order chi connectivity index (χ0) is 18.1. The number of carbonyl (C=O) groups excluding carboxylic acids is 1. The smallest absolute Gasteiger partial charge is 0.255 e. The summed E-state index contributed by atoms with van der Waals surface area (Å²) in [6.07, 6.45) is 0. The maximum Gasteiger partial charge on any atom is 0.255 e. The summed E-state index contributed by atoms with van der Waals surface area (Å²) in [6.45, 7) is 1.92. The molecule has 9 heteroatoms. The van der Waals surface area contributed by atoms with Gasteiger partial charge >= 0.3 is 0 Å². The predicted molar refractivity (Wildman–Crippen MR) is 103 cm³/mol. The number of benzene rings is 2. The summed E-state index contributed by atoms with van der Waals surface area (Å²) in [5.74, 6) is 5.41. The molecule has 3 aromatic rings. The van der Waals surface area contributed by atoms with Crippen molar-refractivity contribution in [2.45, 2.75) is 6.92 Å². The Kier molecular flexibility index (Phi) is 5.01. The first-order chi connectivity index (χ1) is 11.9. The van der Waals surface area contributed by atoms with Gasteiger partial charge in [0.15, 0.2) is 10.9 Å². The molecule has 0 bridgehead atoms. The van der Waals surface area contributed by atoms with Crippen molar-refractivity contribution in [1.82, 2.24) is 4.98 Å². The molecule has 0 aliphatic rings. The normalized spacial score (nSPS) is 10.8. The Labute approximate surface area is 157 Å². The first-order valence-electron chi connectivity index (χ1n) is 7.15. The van der Waals surface area contributed by atoms with Gasteiger partial charge in [-0.15, -0.1) is 0 Å². The van der Waals surface area contributed by atoms with Gasteiger partial charge in [-0.25, -0.2) is 10.8 Å². The number of aromatic nitrogens is 1. The average Bonchev–Trinajstić information content (AvgIpc) is 2.98. The number of nitrogen functional groups attached to an aromatic ring is 1. The van der Waals surface area contributed by atoms with E-state index in [0.29, 0.717) is 22.1 Å². The van der Waals surface area contributed by atoms with E-state index in [2.05, 4.69) is 15.7 Å². The van der Waals surface area contributed by atoms with Crippen molar-refractivity contribution in [2.24, 2.45) is 5.84 Å². The molecule has 0 aliphatic heterocycles. The number of hydrazine groups is 1. The Bertz CT molecular complexity index is 951. The number of halogens is 2. The number of hydrogen-bond acceptors (Lipinski definition) is 6. The van der Waals surface area contributed by atoms with Gasteiger partial charge in [0.1, 0.15) is 0 Å². The summed E-state index contributed by atoms with van der Waals surface area (Å²) < 4.78 is 6.00. The van der Waals surface area contributed by atoms with Crippen LogP contribution in [0.25, 0.3) is 10.2 Å². The molecular formula is C16H14Cl2N4O2S. The maximum atomic E-state index is 12.5. The number of hydrogen-bond donors (Lipinski definition) is 3. The predicted octanol–water partition coefficient (Wildman–Crippen LogP) is 4.46. The SMILES string of the molecule is COc1c(Cl)cc(C(=O)Nc2cc(C)c3nc(NN)sc3c2)cc1Cl. The number of carbonyl (C=O) groups is 1. The van der Waals surface area contributed by atoms with Gasteiger partial charge in [-0.3, -0.25) is 10.2 Å². The van der Waals surface area contributed by atoms with Crippen molar-refractivity contribution >= 4 is 61.5 Å². The van der Waals surface area contributed by atoms with Gasteiger partial charge in [0, 0.05) is 11.3 Å². The lowest BCUT2D eigenvalue weighted by Crippen LogP contribution is -2.12. The highest BCUT2D eigenvalue weighted by molar-refractivity contribution is 7.22. The number of thiazole rings is 1. The number of ether oxygens (including phenoxy) is 1.